The van der Waals surface area contributed by atoms with Gasteiger partial charge in [-0.2, -0.15) is 10.2 Å². The number of nitrogens with zero attached hydrogens (tertiary/aromatic N) is 2. The van der Waals surface area contributed by atoms with Gasteiger partial charge < -0.3 is 51.1 Å². The van der Waals surface area contributed by atoms with Crippen LogP contribution in [0.5, 0.6) is 0 Å². The lowest BCUT2D eigenvalue weighted by Crippen LogP contribution is -2.47. The third-order valence-corrected chi connectivity index (χ3v) is 3.56. The predicted molar refractivity (Wildman–Crippen MR) is 95.5 cm³/mol. The first-order valence-corrected chi connectivity index (χ1v) is 8.30. The van der Waals surface area contributed by atoms with Crippen LogP contribution >= 0.6 is 0 Å². The average molecular weight is 442 g/mol. The summed E-state index contributed by atoms with van der Waals surface area (Å²) < 4.78 is 0. The van der Waals surface area contributed by atoms with Gasteiger partial charge in [-0.25, -0.2) is 10.9 Å². The topological polar surface area (TPSA) is 285 Å². The van der Waals surface area contributed by atoms with Gasteiger partial charge in [0, 0.05) is 0 Å². The molecule has 0 heterocycles. The molecular formula is C14H26N4O12. The Balaban J connectivity index is 4.53. The third kappa shape index (κ3) is 9.13. The summed E-state index contributed by atoms with van der Waals surface area (Å²) in [5.74, 6) is -2.85. The van der Waals surface area contributed by atoms with Gasteiger partial charge in [-0.15, -0.1) is 0 Å². The van der Waals surface area contributed by atoms with E-state index in [1.807, 2.05) is 0 Å². The molecule has 0 rings (SSSR count). The van der Waals surface area contributed by atoms with Gasteiger partial charge in [0.25, 0.3) is 0 Å². The van der Waals surface area contributed by atoms with E-state index in [1.165, 1.54) is 0 Å². The number of hydrazone groups is 2. The second-order valence-electron chi connectivity index (χ2n) is 5.88. The third-order valence-electron chi connectivity index (χ3n) is 3.56. The standard InChI is InChI=1S/C14H26N4O12/c19-3-7(23)11(27)9(25)5(21)1-15-17-13(29)14(30)18-16-2-6(22)10(26)12(28)8(24)4-20/h1-2,5-12,19-28H,3-4H2,(H,17,29)(H,18,30)/b15-1-,16-2-/t5-,6+,7+,8-,9-,10+,11+,12-. The van der Waals surface area contributed by atoms with E-state index in [0.717, 1.165) is 0 Å². The highest BCUT2D eigenvalue weighted by Crippen LogP contribution is 2.04. The van der Waals surface area contributed by atoms with Crippen LogP contribution < -0.4 is 10.9 Å². The van der Waals surface area contributed by atoms with Crippen molar-refractivity contribution in [2.45, 2.75) is 48.8 Å². The second-order valence-corrected chi connectivity index (χ2v) is 5.88. The van der Waals surface area contributed by atoms with E-state index < -0.39 is 73.9 Å². The number of nitrogens with one attached hydrogen (secondary N) is 2. The van der Waals surface area contributed by atoms with E-state index in [9.17, 15) is 40.2 Å². The molecule has 0 saturated heterocycles. The van der Waals surface area contributed by atoms with Crippen LogP contribution in [0.25, 0.3) is 0 Å². The van der Waals surface area contributed by atoms with Gasteiger partial charge in [0.05, 0.1) is 25.6 Å². The van der Waals surface area contributed by atoms with Crippen molar-refractivity contribution in [2.24, 2.45) is 10.2 Å². The first-order valence-electron chi connectivity index (χ1n) is 8.30. The van der Waals surface area contributed by atoms with Gasteiger partial charge in [0.2, 0.25) is 0 Å². The smallest absolute Gasteiger partial charge is 0.331 e. The molecule has 174 valence electrons. The molecule has 0 fully saturated rings. The first-order chi connectivity index (χ1) is 14.0. The zero-order chi connectivity index (χ0) is 23.4. The predicted octanol–water partition coefficient (Wildman–Crippen LogP) is -7.94. The summed E-state index contributed by atoms with van der Waals surface area (Å²) in [6, 6.07) is 0. The van der Waals surface area contributed by atoms with Crippen molar-refractivity contribution in [3.63, 3.8) is 0 Å². The van der Waals surface area contributed by atoms with Crippen LogP contribution in [0.1, 0.15) is 0 Å². The van der Waals surface area contributed by atoms with Crippen LogP contribution in [0.2, 0.25) is 0 Å². The minimum absolute atomic E-state index is 0.514. The van der Waals surface area contributed by atoms with E-state index in [4.69, 9.17) is 20.4 Å². The highest BCUT2D eigenvalue weighted by Gasteiger charge is 2.30. The molecule has 16 heteroatoms. The Morgan fingerprint density at radius 2 is 0.933 bits per heavy atom. The first kappa shape index (κ1) is 27.9. The Hall–Kier alpha value is -2.12. The lowest BCUT2D eigenvalue weighted by molar-refractivity contribution is -0.139. The quantitative estimate of drug-likeness (QED) is 0.0762. The van der Waals surface area contributed by atoms with Crippen molar-refractivity contribution >= 4 is 24.2 Å². The zero-order valence-electron chi connectivity index (χ0n) is 15.4. The summed E-state index contributed by atoms with van der Waals surface area (Å²) in [5.41, 5.74) is 3.24. The van der Waals surface area contributed by atoms with Crippen LogP contribution in [0.4, 0.5) is 0 Å². The minimum Gasteiger partial charge on any atom is -0.394 e. The SMILES string of the molecule is O=C(N/N=C\[C@@H](O)[C@@H](O)[C@@H](O)[C@@H](O)CO)C(=O)N/N=C\[C@H](O)[C@H](O)[C@H](O)[C@H](O)CO. The number of aliphatic hydroxyl groups excluding tert-OH is 10. The highest BCUT2D eigenvalue weighted by molar-refractivity contribution is 6.35. The van der Waals surface area contributed by atoms with Crippen LogP contribution in [0.3, 0.4) is 0 Å². The molecule has 0 aliphatic carbocycles. The number of hydrogen-bond acceptors (Lipinski definition) is 14. The van der Waals surface area contributed by atoms with Crippen LogP contribution in [-0.2, 0) is 9.59 Å². The maximum absolute atomic E-state index is 11.4. The number of carbonyl (C=O) groups excluding carboxylic acids is 2. The fourth-order valence-electron chi connectivity index (χ4n) is 1.70. The lowest BCUT2D eigenvalue weighted by atomic mass is 10.0. The zero-order valence-corrected chi connectivity index (χ0v) is 15.4. The van der Waals surface area contributed by atoms with Gasteiger partial charge in [-0.05, 0) is 0 Å². The lowest BCUT2D eigenvalue weighted by Gasteiger charge is -2.23. The highest BCUT2D eigenvalue weighted by atomic mass is 16.4. The number of aliphatic hydroxyl groups is 10. The summed E-state index contributed by atoms with van der Waals surface area (Å²) in [4.78, 5) is 22.9. The molecule has 30 heavy (non-hydrogen) atoms. The number of rotatable bonds is 12. The van der Waals surface area contributed by atoms with Crippen molar-refractivity contribution in [1.29, 1.82) is 0 Å². The molecule has 0 aliphatic rings. The van der Waals surface area contributed by atoms with Crippen molar-refractivity contribution in [2.75, 3.05) is 13.2 Å². The van der Waals surface area contributed by atoms with E-state index >= 15 is 0 Å². The van der Waals surface area contributed by atoms with E-state index in [-0.39, 0.29) is 0 Å². The molecule has 12 N–H and O–H groups in total. The summed E-state index contributed by atoms with van der Waals surface area (Å²) in [5, 5.41) is 98.6. The summed E-state index contributed by atoms with van der Waals surface area (Å²) in [6.07, 6.45) is -14.0. The maximum Gasteiger partial charge on any atom is 0.331 e. The van der Waals surface area contributed by atoms with Gasteiger partial charge in [0.1, 0.15) is 48.8 Å². The van der Waals surface area contributed by atoms with Crippen LogP contribution in [0, 0.1) is 0 Å². The molecule has 2 amide bonds. The molecule has 16 nitrogen and oxygen atoms in total. The van der Waals surface area contributed by atoms with E-state index in [2.05, 4.69) is 10.2 Å². The molecule has 0 aromatic rings. The van der Waals surface area contributed by atoms with Gasteiger partial charge >= 0.3 is 11.8 Å². The summed E-state index contributed by atoms with van der Waals surface area (Å²) in [6.45, 7) is -1.79. The van der Waals surface area contributed by atoms with E-state index in [0.29, 0.717) is 12.4 Å². The molecule has 0 aliphatic heterocycles. The fourth-order valence-corrected chi connectivity index (χ4v) is 1.70. The molecule has 0 bridgehead atoms. The van der Waals surface area contributed by atoms with Crippen molar-refractivity contribution < 1.29 is 60.7 Å². The Kier molecular flexibility index (Phi) is 13.0. The maximum atomic E-state index is 11.4. The van der Waals surface area contributed by atoms with Crippen molar-refractivity contribution in [1.82, 2.24) is 10.9 Å². The summed E-state index contributed by atoms with van der Waals surface area (Å²) >= 11 is 0. The largest absolute Gasteiger partial charge is 0.394 e. The van der Waals surface area contributed by atoms with Crippen molar-refractivity contribution in [3.05, 3.63) is 0 Å². The number of carbonyl (C=O) groups is 2. The van der Waals surface area contributed by atoms with Crippen LogP contribution in [0.15, 0.2) is 10.2 Å². The fraction of sp³-hybridized carbons (Fsp3) is 0.714. The minimum atomic E-state index is -1.97. The van der Waals surface area contributed by atoms with Crippen LogP contribution in [-0.4, -0.2) is 137 Å². The Bertz CT molecular complexity index is 541. The molecule has 0 aromatic carbocycles. The molecule has 0 aromatic heterocycles. The molecule has 0 spiro atoms. The number of amides is 2. The number of hydrogen-bond donors (Lipinski definition) is 12. The second kappa shape index (κ2) is 14.0. The molecule has 8 atom stereocenters. The van der Waals surface area contributed by atoms with Gasteiger partial charge in [-0.1, -0.05) is 0 Å². The Morgan fingerprint density at radius 1 is 0.633 bits per heavy atom. The molecular weight excluding hydrogens is 416 g/mol. The normalized spacial score (nSPS) is 20.2. The molecule has 0 unspecified atom stereocenters. The van der Waals surface area contributed by atoms with E-state index in [1.54, 1.807) is 10.9 Å². The molecule has 0 radical (unpaired) electrons. The van der Waals surface area contributed by atoms with Gasteiger partial charge in [-0.3, -0.25) is 9.59 Å². The monoisotopic (exact) mass is 442 g/mol. The Labute approximate surface area is 169 Å². The van der Waals surface area contributed by atoms with Crippen molar-refractivity contribution in [3.8, 4) is 0 Å². The Morgan fingerprint density at radius 3 is 1.20 bits per heavy atom. The summed E-state index contributed by atoms with van der Waals surface area (Å²) in [7, 11) is 0. The average Bonchev–Trinajstić information content (AvgIpc) is 2.74. The van der Waals surface area contributed by atoms with Gasteiger partial charge in [0.15, 0.2) is 0 Å². The molecule has 0 saturated carbocycles.